The number of ether oxygens (including phenoxy) is 1. The summed E-state index contributed by atoms with van der Waals surface area (Å²) in [5.74, 6) is 0.715. The quantitative estimate of drug-likeness (QED) is 0.888. The van der Waals surface area contributed by atoms with Gasteiger partial charge in [0.25, 0.3) is 0 Å². The first-order valence-corrected chi connectivity index (χ1v) is 7.84. The van der Waals surface area contributed by atoms with Crippen molar-refractivity contribution < 1.29 is 4.74 Å². The fourth-order valence-corrected chi connectivity index (χ4v) is 2.91. The first kappa shape index (κ1) is 15.8. The molecule has 1 aromatic carbocycles. The lowest BCUT2D eigenvalue weighted by atomic mass is 10.1. The van der Waals surface area contributed by atoms with E-state index >= 15 is 0 Å². The van der Waals surface area contributed by atoms with Gasteiger partial charge in [0.15, 0.2) is 5.13 Å². The molecule has 1 heterocycles. The van der Waals surface area contributed by atoms with E-state index in [1.807, 2.05) is 19.0 Å². The van der Waals surface area contributed by atoms with Gasteiger partial charge in [-0.2, -0.15) is 4.98 Å². The van der Waals surface area contributed by atoms with E-state index in [9.17, 15) is 0 Å². The van der Waals surface area contributed by atoms with Crippen LogP contribution in [0.1, 0.15) is 29.0 Å². The summed E-state index contributed by atoms with van der Waals surface area (Å²) in [6.07, 6.45) is 0. The maximum Gasteiger partial charge on any atom is 0.230 e. The molecule has 0 aliphatic rings. The maximum atomic E-state index is 5.36. The third kappa shape index (κ3) is 3.95. The average molecular weight is 305 g/mol. The van der Waals surface area contributed by atoms with Crippen molar-refractivity contribution in [1.29, 1.82) is 0 Å². The van der Waals surface area contributed by atoms with E-state index in [2.05, 4.69) is 48.4 Å². The van der Waals surface area contributed by atoms with Gasteiger partial charge in [0.05, 0.1) is 12.0 Å². The third-order valence-corrected chi connectivity index (χ3v) is 4.58. The molecule has 0 aliphatic carbocycles. The number of thiazole rings is 1. The average Bonchev–Trinajstić information content (AvgIpc) is 2.89. The minimum absolute atomic E-state index is 0.292. The van der Waals surface area contributed by atoms with Crippen molar-refractivity contribution >= 4 is 16.5 Å². The van der Waals surface area contributed by atoms with Gasteiger partial charge >= 0.3 is 0 Å². The summed E-state index contributed by atoms with van der Waals surface area (Å²) in [6.45, 7) is 5.03. The van der Waals surface area contributed by atoms with E-state index in [0.717, 1.165) is 16.6 Å². The second-order valence-corrected chi connectivity index (χ2v) is 6.40. The zero-order chi connectivity index (χ0) is 15.4. The summed E-state index contributed by atoms with van der Waals surface area (Å²) < 4.78 is 5.36. The zero-order valence-corrected chi connectivity index (χ0v) is 14.1. The molecule has 1 aromatic heterocycles. The molecular formula is C16H23N3OS. The zero-order valence-electron chi connectivity index (χ0n) is 13.3. The lowest BCUT2D eigenvalue weighted by Crippen LogP contribution is -2.17. The Kier molecular flexibility index (Phi) is 5.20. The Morgan fingerprint density at radius 2 is 1.95 bits per heavy atom. The van der Waals surface area contributed by atoms with Gasteiger partial charge in [-0.1, -0.05) is 41.2 Å². The first-order valence-electron chi connectivity index (χ1n) is 7.02. The predicted molar refractivity (Wildman–Crippen MR) is 89.4 cm³/mol. The monoisotopic (exact) mass is 305 g/mol. The molecule has 0 unspecified atom stereocenters. The molecule has 2 rings (SSSR count). The highest BCUT2D eigenvalue weighted by atomic mass is 32.1. The van der Waals surface area contributed by atoms with Gasteiger partial charge in [0.2, 0.25) is 5.88 Å². The van der Waals surface area contributed by atoms with Crippen LogP contribution < -0.4 is 15.0 Å². The van der Waals surface area contributed by atoms with Crippen molar-refractivity contribution in [2.75, 3.05) is 26.1 Å². The highest BCUT2D eigenvalue weighted by Crippen LogP contribution is 2.30. The van der Waals surface area contributed by atoms with Crippen molar-refractivity contribution in [1.82, 2.24) is 10.3 Å². The van der Waals surface area contributed by atoms with Crippen molar-refractivity contribution in [2.24, 2.45) is 0 Å². The summed E-state index contributed by atoms with van der Waals surface area (Å²) in [7, 11) is 5.65. The highest BCUT2D eigenvalue weighted by Gasteiger charge is 2.14. The smallest absolute Gasteiger partial charge is 0.230 e. The minimum Gasteiger partial charge on any atom is -0.480 e. The van der Waals surface area contributed by atoms with Crippen LogP contribution >= 0.6 is 11.3 Å². The largest absolute Gasteiger partial charge is 0.480 e. The summed E-state index contributed by atoms with van der Waals surface area (Å²) >= 11 is 1.66. The van der Waals surface area contributed by atoms with E-state index in [1.54, 1.807) is 18.4 Å². The van der Waals surface area contributed by atoms with Crippen LogP contribution in [0.2, 0.25) is 0 Å². The topological polar surface area (TPSA) is 37.4 Å². The van der Waals surface area contributed by atoms with Crippen molar-refractivity contribution in [2.45, 2.75) is 26.4 Å². The second kappa shape index (κ2) is 6.91. The van der Waals surface area contributed by atoms with Crippen LogP contribution in [0.3, 0.4) is 0 Å². The van der Waals surface area contributed by atoms with Crippen LogP contribution in [-0.4, -0.2) is 26.2 Å². The Balaban J connectivity index is 2.03. The van der Waals surface area contributed by atoms with Crippen molar-refractivity contribution in [3.05, 3.63) is 40.3 Å². The number of nitrogens with zero attached hydrogens (tertiary/aromatic N) is 2. The molecule has 0 amide bonds. The van der Waals surface area contributed by atoms with Gasteiger partial charge in [-0.15, -0.1) is 0 Å². The number of hydrogen-bond donors (Lipinski definition) is 1. The van der Waals surface area contributed by atoms with E-state index in [-0.39, 0.29) is 0 Å². The molecule has 1 N–H and O–H groups in total. The second-order valence-electron chi connectivity index (χ2n) is 5.34. The Hall–Kier alpha value is -1.59. The number of aryl methyl sites for hydroxylation is 1. The number of methoxy groups -OCH3 is 1. The molecule has 1 atom stereocenters. The molecule has 5 heteroatoms. The van der Waals surface area contributed by atoms with E-state index in [4.69, 9.17) is 4.74 Å². The Labute approximate surface area is 130 Å². The lowest BCUT2D eigenvalue weighted by Gasteiger charge is -2.14. The standard InChI is InChI=1S/C16H23N3OS/c1-11-6-8-13(9-7-11)12(2)17-10-14-15(20-5)18-16(21-14)19(3)4/h6-9,12,17H,10H2,1-5H3/t12-/m1/s1. The van der Waals surface area contributed by atoms with Crippen LogP contribution in [-0.2, 0) is 6.54 Å². The van der Waals surface area contributed by atoms with Crippen LogP contribution in [0, 0.1) is 6.92 Å². The van der Waals surface area contributed by atoms with Crippen molar-refractivity contribution in [3.8, 4) is 5.88 Å². The van der Waals surface area contributed by atoms with Gasteiger partial charge in [-0.25, -0.2) is 0 Å². The van der Waals surface area contributed by atoms with Gasteiger partial charge < -0.3 is 15.0 Å². The minimum atomic E-state index is 0.292. The van der Waals surface area contributed by atoms with Gasteiger partial charge in [0, 0.05) is 26.7 Å². The third-order valence-electron chi connectivity index (χ3n) is 3.37. The number of benzene rings is 1. The molecule has 0 saturated carbocycles. The molecule has 0 fully saturated rings. The van der Waals surface area contributed by atoms with Gasteiger partial charge in [0.1, 0.15) is 0 Å². The van der Waals surface area contributed by atoms with E-state index < -0.39 is 0 Å². The number of anilines is 1. The molecule has 2 aromatic rings. The first-order chi connectivity index (χ1) is 10.0. The Morgan fingerprint density at radius 3 is 2.52 bits per heavy atom. The van der Waals surface area contributed by atoms with Crippen LogP contribution in [0.4, 0.5) is 5.13 Å². The molecule has 114 valence electrons. The number of hydrogen-bond acceptors (Lipinski definition) is 5. The maximum absolute atomic E-state index is 5.36. The summed E-state index contributed by atoms with van der Waals surface area (Å²) in [5, 5.41) is 4.50. The highest BCUT2D eigenvalue weighted by molar-refractivity contribution is 7.15. The normalized spacial score (nSPS) is 12.2. The fraction of sp³-hybridized carbons (Fsp3) is 0.438. The molecule has 0 radical (unpaired) electrons. The van der Waals surface area contributed by atoms with Gasteiger partial charge in [-0.05, 0) is 19.4 Å². The molecular weight excluding hydrogens is 282 g/mol. The molecule has 0 spiro atoms. The molecule has 0 bridgehead atoms. The number of nitrogens with one attached hydrogen (secondary N) is 1. The van der Waals surface area contributed by atoms with Crippen LogP contribution in [0.25, 0.3) is 0 Å². The Bertz CT molecular complexity index is 578. The Morgan fingerprint density at radius 1 is 1.29 bits per heavy atom. The van der Waals surface area contributed by atoms with Crippen LogP contribution in [0.15, 0.2) is 24.3 Å². The molecule has 0 saturated heterocycles. The fourth-order valence-electron chi connectivity index (χ4n) is 2.01. The van der Waals surface area contributed by atoms with Crippen LogP contribution in [0.5, 0.6) is 5.88 Å². The number of aromatic nitrogens is 1. The molecule has 0 aliphatic heterocycles. The van der Waals surface area contributed by atoms with Gasteiger partial charge in [-0.3, -0.25) is 0 Å². The van der Waals surface area contributed by atoms with E-state index in [0.29, 0.717) is 11.9 Å². The summed E-state index contributed by atoms with van der Waals surface area (Å²) in [6, 6.07) is 8.92. The number of rotatable bonds is 6. The van der Waals surface area contributed by atoms with Crippen molar-refractivity contribution in [3.63, 3.8) is 0 Å². The SMILES string of the molecule is COc1nc(N(C)C)sc1CN[C@H](C)c1ccc(C)cc1. The summed E-state index contributed by atoms with van der Waals surface area (Å²) in [4.78, 5) is 7.60. The predicted octanol–water partition coefficient (Wildman–Crippen LogP) is 3.38. The molecule has 21 heavy (non-hydrogen) atoms. The molecule has 4 nitrogen and oxygen atoms in total. The van der Waals surface area contributed by atoms with E-state index in [1.165, 1.54) is 11.1 Å². The lowest BCUT2D eigenvalue weighted by molar-refractivity contribution is 0.393. The summed E-state index contributed by atoms with van der Waals surface area (Å²) in [5.41, 5.74) is 2.57.